The third-order valence-corrected chi connectivity index (χ3v) is 19.8. The van der Waals surface area contributed by atoms with Crippen molar-refractivity contribution in [1.29, 1.82) is 0 Å². The molecular weight excluding hydrogens is 597 g/mol. The highest BCUT2D eigenvalue weighted by atomic mass is 28.4. The topological polar surface area (TPSA) is 36.9 Å². The molecule has 5 aliphatic rings. The van der Waals surface area contributed by atoms with E-state index in [1.54, 1.807) is 0 Å². The average Bonchev–Trinajstić information content (AvgIpc) is 3.40. The maximum absolute atomic E-state index is 7.13. The zero-order chi connectivity index (χ0) is 33.5. The van der Waals surface area contributed by atoms with E-state index in [1.165, 1.54) is 82.6 Å². The Morgan fingerprint density at radius 1 is 0.915 bits per heavy atom. The molecule has 0 radical (unpaired) electrons. The molecule has 1 heterocycles. The van der Waals surface area contributed by atoms with Gasteiger partial charge in [0.1, 0.15) is 0 Å². The van der Waals surface area contributed by atoms with Crippen LogP contribution in [0.5, 0.6) is 0 Å². The van der Waals surface area contributed by atoms with Crippen molar-refractivity contribution in [3.63, 3.8) is 0 Å². The minimum atomic E-state index is -1.68. The first-order valence-corrected chi connectivity index (χ1v) is 22.8. The third-order valence-electron chi connectivity index (χ3n) is 15.2. The lowest BCUT2D eigenvalue weighted by molar-refractivity contribution is -0.226. The fourth-order valence-electron chi connectivity index (χ4n) is 11.4. The summed E-state index contributed by atoms with van der Waals surface area (Å²) in [5, 5.41) is 0.286. The van der Waals surface area contributed by atoms with Crippen molar-refractivity contribution in [1.82, 2.24) is 0 Å². The van der Waals surface area contributed by atoms with E-state index in [1.807, 2.05) is 0 Å². The van der Waals surface area contributed by atoms with E-state index in [0.29, 0.717) is 34.9 Å². The number of ether oxygens (including phenoxy) is 3. The molecule has 6 unspecified atom stereocenters. The molecule has 5 heteroatoms. The van der Waals surface area contributed by atoms with Gasteiger partial charge in [0.25, 0.3) is 0 Å². The smallest absolute Gasteiger partial charge is 0.191 e. The van der Waals surface area contributed by atoms with Crippen LogP contribution < -0.4 is 0 Å². The molecule has 6 rings (SSSR count). The van der Waals surface area contributed by atoms with E-state index in [9.17, 15) is 0 Å². The lowest BCUT2D eigenvalue weighted by atomic mass is 9.43. The highest BCUT2D eigenvalue weighted by Gasteiger charge is 2.63. The van der Waals surface area contributed by atoms with Gasteiger partial charge in [-0.2, -0.15) is 0 Å². The van der Waals surface area contributed by atoms with Crippen molar-refractivity contribution in [2.75, 3.05) is 13.2 Å². The van der Waals surface area contributed by atoms with Gasteiger partial charge >= 0.3 is 0 Å². The zero-order valence-electron chi connectivity index (χ0n) is 31.5. The quantitative estimate of drug-likeness (QED) is 0.134. The highest BCUT2D eigenvalue weighted by molar-refractivity contribution is 6.74. The Balaban J connectivity index is 1.16. The Bertz CT molecular complexity index is 1140. The van der Waals surface area contributed by atoms with Gasteiger partial charge in [-0.25, -0.2) is 0 Å². The number of fused-ring (bicyclic) bond motifs is 5. The van der Waals surface area contributed by atoms with E-state index in [4.69, 9.17) is 18.6 Å². The highest BCUT2D eigenvalue weighted by Crippen LogP contribution is 2.69. The van der Waals surface area contributed by atoms with E-state index >= 15 is 0 Å². The predicted molar refractivity (Wildman–Crippen MR) is 196 cm³/mol. The van der Waals surface area contributed by atoms with Gasteiger partial charge in [0, 0.05) is 13.2 Å². The molecule has 1 aromatic rings. The summed E-state index contributed by atoms with van der Waals surface area (Å²) in [6.45, 7) is 22.4. The van der Waals surface area contributed by atoms with Gasteiger partial charge in [-0.3, -0.25) is 0 Å². The van der Waals surface area contributed by atoms with Crippen molar-refractivity contribution in [3.8, 4) is 0 Å². The Morgan fingerprint density at radius 3 is 2.38 bits per heavy atom. The summed E-state index contributed by atoms with van der Waals surface area (Å²) in [4.78, 5) is 0. The lowest BCUT2D eigenvalue weighted by Gasteiger charge is -2.63. The summed E-state index contributed by atoms with van der Waals surface area (Å²) in [7, 11) is -1.68. The molecule has 0 spiro atoms. The molecule has 5 fully saturated rings. The molecule has 4 saturated carbocycles. The van der Waals surface area contributed by atoms with Crippen LogP contribution in [0.2, 0.25) is 18.1 Å². The van der Waals surface area contributed by atoms with Crippen LogP contribution in [-0.2, 0) is 25.2 Å². The van der Waals surface area contributed by atoms with Gasteiger partial charge < -0.3 is 18.6 Å². The summed E-state index contributed by atoms with van der Waals surface area (Å²) in [6, 6.07) is 10.9. The molecule has 1 aliphatic heterocycles. The van der Waals surface area contributed by atoms with Crippen molar-refractivity contribution in [2.24, 2.45) is 46.3 Å². The van der Waals surface area contributed by atoms with Crippen LogP contribution in [-0.4, -0.2) is 40.0 Å². The average molecular weight is 667 g/mol. The summed E-state index contributed by atoms with van der Waals surface area (Å²) < 4.78 is 26.4. The summed E-state index contributed by atoms with van der Waals surface area (Å²) in [5.41, 5.74) is 2.14. The number of hydrogen-bond acceptors (Lipinski definition) is 4. The second kappa shape index (κ2) is 14.5. The summed E-state index contributed by atoms with van der Waals surface area (Å²) in [5.74, 6) is 4.47. The summed E-state index contributed by atoms with van der Waals surface area (Å²) >= 11 is 0. The first-order valence-electron chi connectivity index (χ1n) is 19.9. The largest absolute Gasteiger partial charge is 0.417 e. The van der Waals surface area contributed by atoms with Crippen molar-refractivity contribution in [2.45, 2.75) is 168 Å². The van der Waals surface area contributed by atoms with Gasteiger partial charge in [0.2, 0.25) is 0 Å². The first-order chi connectivity index (χ1) is 22.3. The molecule has 1 saturated heterocycles. The van der Waals surface area contributed by atoms with Gasteiger partial charge in [-0.1, -0.05) is 71.9 Å². The van der Waals surface area contributed by atoms with E-state index in [-0.39, 0.29) is 11.3 Å². The normalized spacial score (nSPS) is 39.9. The fraction of sp³-hybridized carbons (Fsp3) is 0.857. The van der Waals surface area contributed by atoms with Crippen molar-refractivity contribution < 1.29 is 18.6 Å². The van der Waals surface area contributed by atoms with Gasteiger partial charge in [0.05, 0.1) is 18.8 Å². The predicted octanol–water partition coefficient (Wildman–Crippen LogP) is 11.2. The molecule has 266 valence electrons. The monoisotopic (exact) mass is 667 g/mol. The van der Waals surface area contributed by atoms with E-state index < -0.39 is 8.32 Å². The molecule has 0 bridgehead atoms. The lowest BCUT2D eigenvalue weighted by Crippen LogP contribution is -2.59. The van der Waals surface area contributed by atoms with E-state index in [0.717, 1.165) is 49.9 Å². The number of rotatable bonds is 11. The SMILES string of the molecule is C[C@@H](CCCO[Si](C)(C)C(C)(C)C)[C@H]1CCC2C3C(OCc4ccccc4)CC4C[C@@H](OC5CCCCO5)CC[C@]4(C)C3CC[C@@]21C. The van der Waals surface area contributed by atoms with Crippen LogP contribution in [0.1, 0.15) is 131 Å². The molecule has 4 nitrogen and oxygen atoms in total. The van der Waals surface area contributed by atoms with Gasteiger partial charge in [0.15, 0.2) is 14.6 Å². The minimum absolute atomic E-state index is 0.0194. The van der Waals surface area contributed by atoms with Crippen LogP contribution in [0.25, 0.3) is 0 Å². The molecule has 0 amide bonds. The Hall–Kier alpha value is -0.723. The maximum atomic E-state index is 7.13. The van der Waals surface area contributed by atoms with E-state index in [2.05, 4.69) is 85.0 Å². The Labute approximate surface area is 289 Å². The van der Waals surface area contributed by atoms with Crippen LogP contribution in [0.15, 0.2) is 30.3 Å². The molecule has 47 heavy (non-hydrogen) atoms. The third kappa shape index (κ3) is 7.51. The second-order valence-corrected chi connectivity index (χ2v) is 23.7. The second-order valence-electron chi connectivity index (χ2n) is 18.8. The first kappa shape index (κ1) is 36.1. The van der Waals surface area contributed by atoms with Crippen molar-refractivity contribution >= 4 is 8.32 Å². The molecular formula is C42H70O4Si. The summed E-state index contributed by atoms with van der Waals surface area (Å²) in [6.07, 6.45) is 17.2. The zero-order valence-corrected chi connectivity index (χ0v) is 32.5. The van der Waals surface area contributed by atoms with Gasteiger partial charge in [-0.15, -0.1) is 0 Å². The maximum Gasteiger partial charge on any atom is 0.191 e. The Kier molecular flexibility index (Phi) is 11.1. The molecule has 1 aromatic carbocycles. The standard InChI is InChI=1S/C42H70O4Si/c1-30(15-14-26-45-47(7,8)40(2,3)4)34-19-20-35-39-36(22-24-42(34,35)6)41(5)23-21-33(46-38-18-12-13-25-43-38)27-32(41)28-37(39)44-29-31-16-10-9-11-17-31/h9-11,16-17,30,32-39H,12-15,18-29H2,1-8H3/t30-,32?,33-,34+,35?,36?,37?,38?,39?,41-,42+/m0/s1. The molecule has 0 aromatic heterocycles. The molecule has 4 aliphatic carbocycles. The van der Waals surface area contributed by atoms with Gasteiger partial charge in [-0.05, 0) is 154 Å². The Morgan fingerprint density at radius 2 is 1.66 bits per heavy atom. The van der Waals surface area contributed by atoms with Crippen LogP contribution in [0, 0.1) is 46.3 Å². The molecule has 0 N–H and O–H groups in total. The van der Waals surface area contributed by atoms with Crippen LogP contribution in [0.3, 0.4) is 0 Å². The van der Waals surface area contributed by atoms with Crippen LogP contribution in [0.4, 0.5) is 0 Å². The minimum Gasteiger partial charge on any atom is -0.417 e. The van der Waals surface area contributed by atoms with Crippen LogP contribution >= 0.6 is 0 Å². The van der Waals surface area contributed by atoms with Crippen molar-refractivity contribution in [3.05, 3.63) is 35.9 Å². The fourth-order valence-corrected chi connectivity index (χ4v) is 12.5. The number of benzene rings is 1. The number of hydrogen-bond donors (Lipinski definition) is 0. The molecule has 11 atom stereocenters.